The van der Waals surface area contributed by atoms with Crippen molar-refractivity contribution in [2.75, 3.05) is 29.9 Å². The molecule has 0 unspecified atom stereocenters. The van der Waals surface area contributed by atoms with E-state index >= 15 is 0 Å². The summed E-state index contributed by atoms with van der Waals surface area (Å²) in [5.74, 6) is 0.754. The van der Waals surface area contributed by atoms with Crippen LogP contribution in [0.4, 0.5) is 16.3 Å². The van der Waals surface area contributed by atoms with Crippen molar-refractivity contribution < 1.29 is 9.18 Å². The highest BCUT2D eigenvalue weighted by Crippen LogP contribution is 2.39. The van der Waals surface area contributed by atoms with Crippen molar-refractivity contribution in [3.63, 3.8) is 0 Å². The first-order valence-corrected chi connectivity index (χ1v) is 14.2. The Morgan fingerprint density at radius 1 is 1.00 bits per heavy atom. The zero-order chi connectivity index (χ0) is 29.5. The molecule has 0 spiro atoms. The maximum atomic E-state index is 13.7. The number of nitrogens with zero attached hydrogens (tertiary/aromatic N) is 6. The van der Waals surface area contributed by atoms with Gasteiger partial charge in [0.05, 0.1) is 17.6 Å². The van der Waals surface area contributed by atoms with Gasteiger partial charge in [-0.15, -0.1) is 0 Å². The molecule has 5 rings (SSSR count). The first-order chi connectivity index (χ1) is 19.4. The van der Waals surface area contributed by atoms with E-state index in [1.54, 1.807) is 0 Å². The maximum absolute atomic E-state index is 13.7. The lowest BCUT2D eigenvalue weighted by Gasteiger charge is -2.40. The SMILES string of the molecule is CN(c1nccc(=O)n1C(=O)C(C)(C)C(C)(C)C)C1CCN(c2nc3ccccc3n2Cc2ccc(F)cc2)CC1. The zero-order valence-electron chi connectivity index (χ0n) is 24.8. The number of aromatic nitrogens is 4. The molecule has 0 aliphatic carbocycles. The molecule has 0 atom stereocenters. The summed E-state index contributed by atoms with van der Waals surface area (Å²) >= 11 is 0. The summed E-state index contributed by atoms with van der Waals surface area (Å²) in [6.07, 6.45) is 3.09. The van der Waals surface area contributed by atoms with Crippen molar-refractivity contribution in [3.8, 4) is 0 Å². The first-order valence-electron chi connectivity index (χ1n) is 14.2. The van der Waals surface area contributed by atoms with Crippen LogP contribution in [-0.2, 0) is 6.54 Å². The quantitative estimate of drug-likeness (QED) is 0.307. The van der Waals surface area contributed by atoms with Crippen molar-refractivity contribution in [2.45, 2.75) is 60.0 Å². The van der Waals surface area contributed by atoms with Gasteiger partial charge in [0.25, 0.3) is 5.56 Å². The topological polar surface area (TPSA) is 76.3 Å². The van der Waals surface area contributed by atoms with E-state index in [4.69, 9.17) is 4.98 Å². The number of para-hydroxylation sites is 2. The van der Waals surface area contributed by atoms with Crippen molar-refractivity contribution in [1.29, 1.82) is 0 Å². The third kappa shape index (κ3) is 5.37. The van der Waals surface area contributed by atoms with Gasteiger partial charge in [-0.2, -0.15) is 0 Å². The summed E-state index contributed by atoms with van der Waals surface area (Å²) in [6, 6.07) is 16.1. The number of fused-ring (bicyclic) bond motifs is 1. The van der Waals surface area contributed by atoms with Gasteiger partial charge in [-0.25, -0.2) is 18.9 Å². The van der Waals surface area contributed by atoms with E-state index in [-0.39, 0.29) is 28.7 Å². The van der Waals surface area contributed by atoms with Gasteiger partial charge in [-0.1, -0.05) is 58.9 Å². The Labute approximate surface area is 240 Å². The van der Waals surface area contributed by atoms with Gasteiger partial charge in [0.2, 0.25) is 17.8 Å². The van der Waals surface area contributed by atoms with Crippen LogP contribution < -0.4 is 15.4 Å². The predicted octanol–water partition coefficient (Wildman–Crippen LogP) is 5.60. The number of carbonyl (C=O) groups is 1. The third-order valence-electron chi connectivity index (χ3n) is 8.94. The molecule has 0 bridgehead atoms. The standard InChI is InChI=1S/C32H39FN6O2/c1-31(2,3)32(4,5)28(41)39-27(40)15-18-34-29(39)36(6)24-16-19-37(20-17-24)30-35-25-9-7-8-10-26(25)38(30)21-22-11-13-23(33)14-12-22/h7-15,18,24H,16-17,19-21H2,1-6H3. The molecule has 4 aromatic rings. The smallest absolute Gasteiger partial charge is 0.261 e. The van der Waals surface area contributed by atoms with Crippen LogP contribution in [0.5, 0.6) is 0 Å². The summed E-state index contributed by atoms with van der Waals surface area (Å²) in [5, 5.41) is 0. The molecular formula is C32H39FN6O2. The van der Waals surface area contributed by atoms with Gasteiger partial charge in [0.15, 0.2) is 0 Å². The first kappa shape index (κ1) is 28.5. The fraction of sp³-hybridized carbons (Fsp3) is 0.438. The Kier molecular flexibility index (Phi) is 7.48. The fourth-order valence-corrected chi connectivity index (χ4v) is 5.29. The van der Waals surface area contributed by atoms with Crippen molar-refractivity contribution in [2.24, 2.45) is 10.8 Å². The maximum Gasteiger partial charge on any atom is 0.261 e. The van der Waals surface area contributed by atoms with Gasteiger partial charge in [0, 0.05) is 43.9 Å². The molecule has 1 fully saturated rings. The lowest BCUT2D eigenvalue weighted by atomic mass is 9.68. The van der Waals surface area contributed by atoms with Gasteiger partial charge >= 0.3 is 0 Å². The normalized spacial score (nSPS) is 15.0. The predicted molar refractivity (Wildman–Crippen MR) is 161 cm³/mol. The molecule has 0 N–H and O–H groups in total. The summed E-state index contributed by atoms with van der Waals surface area (Å²) in [7, 11) is 1.92. The number of benzene rings is 2. The van der Waals surface area contributed by atoms with Crippen LogP contribution >= 0.6 is 0 Å². The van der Waals surface area contributed by atoms with Crippen LogP contribution in [0, 0.1) is 16.6 Å². The number of imidazole rings is 1. The van der Waals surface area contributed by atoms with Crippen LogP contribution in [0.3, 0.4) is 0 Å². The Morgan fingerprint density at radius 3 is 2.32 bits per heavy atom. The molecular weight excluding hydrogens is 519 g/mol. The zero-order valence-corrected chi connectivity index (χ0v) is 24.8. The number of hydrogen-bond donors (Lipinski definition) is 0. The lowest BCUT2D eigenvalue weighted by molar-refractivity contribution is 0.0521. The van der Waals surface area contributed by atoms with Gasteiger partial charge in [-0.3, -0.25) is 9.59 Å². The number of carbonyl (C=O) groups excluding carboxylic acids is 1. The van der Waals surface area contributed by atoms with Gasteiger partial charge in [0.1, 0.15) is 5.82 Å². The average molecular weight is 559 g/mol. The second-order valence-corrected chi connectivity index (χ2v) is 12.5. The fourth-order valence-electron chi connectivity index (χ4n) is 5.29. The second kappa shape index (κ2) is 10.8. The van der Waals surface area contributed by atoms with Crippen LogP contribution in [0.25, 0.3) is 11.0 Å². The lowest BCUT2D eigenvalue weighted by Crippen LogP contribution is -2.49. The third-order valence-corrected chi connectivity index (χ3v) is 8.94. The number of rotatable bonds is 6. The van der Waals surface area contributed by atoms with Crippen molar-refractivity contribution >= 4 is 28.8 Å². The number of halogens is 1. The molecule has 8 nitrogen and oxygen atoms in total. The second-order valence-electron chi connectivity index (χ2n) is 12.5. The van der Waals surface area contributed by atoms with E-state index in [2.05, 4.69) is 20.5 Å². The Hall–Kier alpha value is -4.01. The van der Waals surface area contributed by atoms with Gasteiger partial charge in [-0.05, 0) is 48.1 Å². The highest BCUT2D eigenvalue weighted by atomic mass is 19.1. The number of hydrogen-bond acceptors (Lipinski definition) is 6. The number of piperidine rings is 1. The van der Waals surface area contributed by atoms with E-state index in [0.717, 1.165) is 48.5 Å². The summed E-state index contributed by atoms with van der Waals surface area (Å²) in [5.41, 5.74) is 1.46. The Bertz CT molecular complexity index is 1610. The van der Waals surface area contributed by atoms with Crippen LogP contribution in [-0.4, -0.2) is 51.2 Å². The Morgan fingerprint density at radius 2 is 1.66 bits per heavy atom. The molecule has 1 aliphatic rings. The molecule has 0 saturated carbocycles. The number of anilines is 2. The molecule has 2 aromatic heterocycles. The van der Waals surface area contributed by atoms with E-state index in [1.807, 2.05) is 76.9 Å². The monoisotopic (exact) mass is 558 g/mol. The Balaban J connectivity index is 1.39. The largest absolute Gasteiger partial charge is 0.342 e. The van der Waals surface area contributed by atoms with Gasteiger partial charge < -0.3 is 14.4 Å². The highest BCUT2D eigenvalue weighted by molar-refractivity contribution is 5.87. The van der Waals surface area contributed by atoms with E-state index in [0.29, 0.717) is 12.5 Å². The molecule has 41 heavy (non-hydrogen) atoms. The minimum Gasteiger partial charge on any atom is -0.342 e. The van der Waals surface area contributed by atoms with Crippen LogP contribution in [0.2, 0.25) is 0 Å². The van der Waals surface area contributed by atoms with Crippen molar-refractivity contribution in [1.82, 2.24) is 19.1 Å². The highest BCUT2D eigenvalue weighted by Gasteiger charge is 2.42. The minimum atomic E-state index is -0.775. The molecule has 9 heteroatoms. The molecule has 0 radical (unpaired) electrons. The minimum absolute atomic E-state index is 0.0901. The molecule has 216 valence electrons. The van der Waals surface area contributed by atoms with Crippen LogP contribution in [0.15, 0.2) is 65.6 Å². The van der Waals surface area contributed by atoms with E-state index < -0.39 is 5.41 Å². The molecule has 3 heterocycles. The van der Waals surface area contributed by atoms with E-state index in [1.165, 1.54) is 29.0 Å². The molecule has 1 saturated heterocycles. The average Bonchev–Trinajstić information content (AvgIpc) is 3.31. The van der Waals surface area contributed by atoms with E-state index in [9.17, 15) is 14.0 Å². The summed E-state index contributed by atoms with van der Waals surface area (Å²) < 4.78 is 17.0. The summed E-state index contributed by atoms with van der Waals surface area (Å²) in [6.45, 7) is 11.9. The molecule has 1 aliphatic heterocycles. The molecule has 0 amide bonds. The molecule has 2 aromatic carbocycles. The summed E-state index contributed by atoms with van der Waals surface area (Å²) in [4.78, 5) is 40.5. The van der Waals surface area contributed by atoms with Crippen LogP contribution in [0.1, 0.15) is 57.8 Å². The van der Waals surface area contributed by atoms with Crippen molar-refractivity contribution in [3.05, 3.63) is 82.5 Å².